The van der Waals surface area contributed by atoms with Crippen molar-refractivity contribution < 1.29 is 14.2 Å². The van der Waals surface area contributed by atoms with Crippen molar-refractivity contribution in [3.8, 4) is 5.75 Å². The Bertz CT molecular complexity index is 671. The van der Waals surface area contributed by atoms with E-state index >= 15 is 0 Å². The Kier molecular flexibility index (Phi) is 5.71. The van der Waals surface area contributed by atoms with Gasteiger partial charge in [-0.25, -0.2) is 4.39 Å². The van der Waals surface area contributed by atoms with Gasteiger partial charge < -0.3 is 9.84 Å². The van der Waals surface area contributed by atoms with Gasteiger partial charge in [0.05, 0.1) is 13.7 Å². The smallest absolute Gasteiger partial charge is 0.123 e. The van der Waals surface area contributed by atoms with Crippen molar-refractivity contribution in [3.05, 3.63) is 65.5 Å². The minimum absolute atomic E-state index is 0.150. The van der Waals surface area contributed by atoms with E-state index in [1.807, 2.05) is 24.3 Å². The Morgan fingerprint density at radius 2 is 1.76 bits per heavy atom. The van der Waals surface area contributed by atoms with Gasteiger partial charge in [0, 0.05) is 18.5 Å². The van der Waals surface area contributed by atoms with Crippen LogP contribution in [0.1, 0.15) is 24.0 Å². The first-order chi connectivity index (χ1) is 12.1. The Labute approximate surface area is 149 Å². The fourth-order valence-corrected chi connectivity index (χ4v) is 3.80. The van der Waals surface area contributed by atoms with Gasteiger partial charge in [0.15, 0.2) is 0 Å². The van der Waals surface area contributed by atoms with Gasteiger partial charge in [-0.05, 0) is 61.2 Å². The number of piperidine rings is 1. The molecule has 0 aromatic heterocycles. The molecular formula is C21H26FNO2. The summed E-state index contributed by atoms with van der Waals surface area (Å²) < 4.78 is 18.3. The maximum absolute atomic E-state index is 13.1. The maximum atomic E-state index is 13.1. The van der Waals surface area contributed by atoms with Crippen LogP contribution < -0.4 is 4.74 Å². The summed E-state index contributed by atoms with van der Waals surface area (Å²) in [5, 5.41) is 10.1. The van der Waals surface area contributed by atoms with Crippen LogP contribution in [0.15, 0.2) is 48.5 Å². The predicted octanol–water partition coefficient (Wildman–Crippen LogP) is 3.65. The van der Waals surface area contributed by atoms with Gasteiger partial charge in [0.1, 0.15) is 11.6 Å². The molecule has 0 aliphatic carbocycles. The standard InChI is InChI=1S/C21H26FNO2/c1-25-20-9-5-18(6-10-20)14-23-12-2-11-21(15-23,16-24)13-17-3-7-19(22)8-4-17/h3-10,24H,2,11-16H2,1H3/t21-/m0/s1. The summed E-state index contributed by atoms with van der Waals surface area (Å²) in [4.78, 5) is 2.41. The van der Waals surface area contributed by atoms with E-state index in [9.17, 15) is 9.50 Å². The molecule has 1 N–H and O–H groups in total. The lowest BCUT2D eigenvalue weighted by atomic mass is 9.75. The number of hydrogen-bond donors (Lipinski definition) is 1. The molecule has 25 heavy (non-hydrogen) atoms. The molecule has 1 saturated heterocycles. The molecular weight excluding hydrogens is 317 g/mol. The van der Waals surface area contributed by atoms with Gasteiger partial charge in [-0.3, -0.25) is 4.90 Å². The lowest BCUT2D eigenvalue weighted by Gasteiger charge is -2.42. The van der Waals surface area contributed by atoms with Crippen molar-refractivity contribution in [2.45, 2.75) is 25.8 Å². The highest BCUT2D eigenvalue weighted by Gasteiger charge is 2.35. The van der Waals surface area contributed by atoms with Gasteiger partial charge in [0.25, 0.3) is 0 Å². The highest BCUT2D eigenvalue weighted by atomic mass is 19.1. The minimum Gasteiger partial charge on any atom is -0.497 e. The summed E-state index contributed by atoms with van der Waals surface area (Å²) in [5.74, 6) is 0.648. The first kappa shape index (κ1) is 17.9. The molecule has 0 bridgehead atoms. The van der Waals surface area contributed by atoms with E-state index in [0.717, 1.165) is 50.2 Å². The number of aliphatic hydroxyl groups excluding tert-OH is 1. The third-order valence-corrected chi connectivity index (χ3v) is 5.13. The van der Waals surface area contributed by atoms with Crippen LogP contribution in [0.2, 0.25) is 0 Å². The van der Waals surface area contributed by atoms with E-state index in [-0.39, 0.29) is 17.8 Å². The molecule has 0 radical (unpaired) electrons. The first-order valence-corrected chi connectivity index (χ1v) is 8.83. The number of methoxy groups -OCH3 is 1. The zero-order chi connectivity index (χ0) is 17.7. The van der Waals surface area contributed by atoms with Crippen molar-refractivity contribution in [2.24, 2.45) is 5.41 Å². The lowest BCUT2D eigenvalue weighted by Crippen LogP contribution is -2.46. The number of rotatable bonds is 6. The second-order valence-electron chi connectivity index (χ2n) is 7.12. The van der Waals surface area contributed by atoms with Crippen molar-refractivity contribution in [1.82, 2.24) is 4.90 Å². The molecule has 1 atom stereocenters. The van der Waals surface area contributed by atoms with Crippen molar-refractivity contribution in [1.29, 1.82) is 0 Å². The topological polar surface area (TPSA) is 32.7 Å². The second-order valence-corrected chi connectivity index (χ2v) is 7.12. The summed E-state index contributed by atoms with van der Waals surface area (Å²) >= 11 is 0. The molecule has 3 rings (SSSR count). The molecule has 0 spiro atoms. The summed E-state index contributed by atoms with van der Waals surface area (Å²) in [5.41, 5.74) is 2.18. The molecule has 0 amide bonds. The van der Waals surface area contributed by atoms with Crippen molar-refractivity contribution in [3.63, 3.8) is 0 Å². The largest absolute Gasteiger partial charge is 0.497 e. The van der Waals surface area contributed by atoms with E-state index < -0.39 is 0 Å². The van der Waals surface area contributed by atoms with Crippen LogP contribution in [0.3, 0.4) is 0 Å². The average molecular weight is 343 g/mol. The zero-order valence-electron chi connectivity index (χ0n) is 14.7. The molecule has 0 saturated carbocycles. The maximum Gasteiger partial charge on any atom is 0.123 e. The fourth-order valence-electron chi connectivity index (χ4n) is 3.80. The number of aliphatic hydroxyl groups is 1. The monoisotopic (exact) mass is 343 g/mol. The Hall–Kier alpha value is -1.91. The third-order valence-electron chi connectivity index (χ3n) is 5.13. The molecule has 134 valence electrons. The Balaban J connectivity index is 1.67. The normalized spacial score (nSPS) is 21.2. The van der Waals surface area contributed by atoms with Crippen LogP contribution in [0.5, 0.6) is 5.75 Å². The minimum atomic E-state index is -0.216. The van der Waals surface area contributed by atoms with Gasteiger partial charge in [-0.15, -0.1) is 0 Å². The number of hydrogen-bond acceptors (Lipinski definition) is 3. The van der Waals surface area contributed by atoms with E-state index in [0.29, 0.717) is 0 Å². The molecule has 1 aliphatic heterocycles. The molecule has 2 aromatic carbocycles. The van der Waals surface area contributed by atoms with Gasteiger partial charge in [-0.1, -0.05) is 24.3 Å². The number of likely N-dealkylation sites (tertiary alicyclic amines) is 1. The summed E-state index contributed by atoms with van der Waals surface area (Å²) in [7, 11) is 1.67. The second kappa shape index (κ2) is 7.98. The highest BCUT2D eigenvalue weighted by Crippen LogP contribution is 2.34. The van der Waals surface area contributed by atoms with Crippen LogP contribution in [-0.4, -0.2) is 36.8 Å². The average Bonchev–Trinajstić information content (AvgIpc) is 2.65. The lowest BCUT2D eigenvalue weighted by molar-refractivity contribution is 0.0288. The molecule has 1 fully saturated rings. The van der Waals surface area contributed by atoms with Crippen LogP contribution in [0.25, 0.3) is 0 Å². The SMILES string of the molecule is COc1ccc(CN2CCC[C@](CO)(Cc3ccc(F)cc3)C2)cc1. The van der Waals surface area contributed by atoms with Crippen LogP contribution in [0.4, 0.5) is 4.39 Å². The molecule has 4 heteroatoms. The third kappa shape index (κ3) is 4.59. The van der Waals surface area contributed by atoms with Crippen molar-refractivity contribution in [2.75, 3.05) is 26.8 Å². The summed E-state index contributed by atoms with van der Waals surface area (Å²) in [6.07, 6.45) is 2.85. The molecule has 1 aliphatic rings. The fraction of sp³-hybridized carbons (Fsp3) is 0.429. The van der Waals surface area contributed by atoms with E-state index in [1.165, 1.54) is 17.7 Å². The quantitative estimate of drug-likeness (QED) is 0.869. The summed E-state index contributed by atoms with van der Waals surface area (Å²) in [6, 6.07) is 14.8. The summed E-state index contributed by atoms with van der Waals surface area (Å²) in [6.45, 7) is 2.92. The van der Waals surface area contributed by atoms with Crippen molar-refractivity contribution >= 4 is 0 Å². The van der Waals surface area contributed by atoms with Gasteiger partial charge in [-0.2, -0.15) is 0 Å². The Morgan fingerprint density at radius 1 is 1.08 bits per heavy atom. The molecule has 1 heterocycles. The van der Waals surface area contributed by atoms with Gasteiger partial charge in [0.2, 0.25) is 0 Å². The Morgan fingerprint density at radius 3 is 2.40 bits per heavy atom. The molecule has 3 nitrogen and oxygen atoms in total. The van der Waals surface area contributed by atoms with Gasteiger partial charge >= 0.3 is 0 Å². The van der Waals surface area contributed by atoms with E-state index in [1.54, 1.807) is 7.11 Å². The van der Waals surface area contributed by atoms with Crippen LogP contribution >= 0.6 is 0 Å². The zero-order valence-corrected chi connectivity index (χ0v) is 14.7. The predicted molar refractivity (Wildman–Crippen MR) is 97.1 cm³/mol. The molecule has 2 aromatic rings. The highest BCUT2D eigenvalue weighted by molar-refractivity contribution is 5.27. The van der Waals surface area contributed by atoms with Crippen LogP contribution in [0, 0.1) is 11.2 Å². The van der Waals surface area contributed by atoms with Crippen LogP contribution in [-0.2, 0) is 13.0 Å². The number of nitrogens with zero attached hydrogens (tertiary/aromatic N) is 1. The number of ether oxygens (including phenoxy) is 1. The number of halogens is 1. The van der Waals surface area contributed by atoms with E-state index in [2.05, 4.69) is 17.0 Å². The van der Waals surface area contributed by atoms with E-state index in [4.69, 9.17) is 4.74 Å². The number of benzene rings is 2. The molecule has 0 unspecified atom stereocenters. The first-order valence-electron chi connectivity index (χ1n) is 8.83.